The summed E-state index contributed by atoms with van der Waals surface area (Å²) < 4.78 is 0. The van der Waals surface area contributed by atoms with Gasteiger partial charge in [-0.3, -0.25) is 4.79 Å². The predicted octanol–water partition coefficient (Wildman–Crippen LogP) is 2.59. The summed E-state index contributed by atoms with van der Waals surface area (Å²) in [6.07, 6.45) is 0.626. The van der Waals surface area contributed by atoms with Crippen molar-refractivity contribution in [3.8, 4) is 0 Å². The molecule has 1 N–H and O–H groups in total. The average molecular weight is 225 g/mol. The molecule has 0 spiro atoms. The second kappa shape index (κ2) is 5.42. The van der Waals surface area contributed by atoms with Crippen molar-refractivity contribution in [2.45, 2.75) is 32.6 Å². The van der Waals surface area contributed by atoms with Crippen molar-refractivity contribution in [1.82, 2.24) is 5.32 Å². The van der Waals surface area contributed by atoms with Gasteiger partial charge in [-0.2, -0.15) is 0 Å². The van der Waals surface area contributed by atoms with Gasteiger partial charge in [-0.1, -0.05) is 19.9 Å². The smallest absolute Gasteiger partial charge is 0.131 e. The molecule has 0 aliphatic carbocycles. The molecule has 0 radical (unpaired) electrons. The fraction of sp³-hybridized carbons (Fsp3) is 0.583. The molecule has 1 aromatic heterocycles. The van der Waals surface area contributed by atoms with Crippen LogP contribution >= 0.6 is 11.3 Å². The van der Waals surface area contributed by atoms with Crippen molar-refractivity contribution in [3.05, 3.63) is 22.4 Å². The van der Waals surface area contributed by atoms with Gasteiger partial charge in [-0.05, 0) is 18.4 Å². The van der Waals surface area contributed by atoms with Crippen molar-refractivity contribution in [3.63, 3.8) is 0 Å². The molecular formula is C12H19NOS. The van der Waals surface area contributed by atoms with E-state index in [1.54, 1.807) is 18.3 Å². The fourth-order valence-corrected chi connectivity index (χ4v) is 2.27. The van der Waals surface area contributed by atoms with Crippen LogP contribution < -0.4 is 5.32 Å². The summed E-state index contributed by atoms with van der Waals surface area (Å²) in [5, 5.41) is 5.43. The van der Waals surface area contributed by atoms with Gasteiger partial charge in [0.15, 0.2) is 0 Å². The molecular weight excluding hydrogens is 206 g/mol. The summed E-state index contributed by atoms with van der Waals surface area (Å²) in [5.41, 5.74) is 0.158. The Morgan fingerprint density at radius 1 is 1.53 bits per heavy atom. The molecule has 0 aliphatic rings. The first-order valence-electron chi connectivity index (χ1n) is 5.26. The Balaban J connectivity index is 2.34. The van der Waals surface area contributed by atoms with E-state index in [9.17, 15) is 4.79 Å². The lowest BCUT2D eigenvalue weighted by molar-refractivity contribution is -0.116. The second-order valence-electron chi connectivity index (χ2n) is 4.49. The van der Waals surface area contributed by atoms with Crippen molar-refractivity contribution < 1.29 is 4.79 Å². The number of carbonyl (C=O) groups is 1. The fourth-order valence-electron chi connectivity index (χ4n) is 1.42. The lowest BCUT2D eigenvalue weighted by Crippen LogP contribution is -2.33. The summed E-state index contributed by atoms with van der Waals surface area (Å²) in [4.78, 5) is 12.1. The first-order valence-corrected chi connectivity index (χ1v) is 6.14. The maximum atomic E-state index is 10.8. The Morgan fingerprint density at radius 2 is 2.27 bits per heavy atom. The molecule has 0 atom stereocenters. The summed E-state index contributed by atoms with van der Waals surface area (Å²) in [7, 11) is 0. The highest BCUT2D eigenvalue weighted by atomic mass is 32.1. The number of hydrogen-bond donors (Lipinski definition) is 1. The molecule has 0 aromatic carbocycles. The maximum Gasteiger partial charge on any atom is 0.131 e. The third-order valence-corrected chi connectivity index (χ3v) is 3.64. The van der Waals surface area contributed by atoms with E-state index in [4.69, 9.17) is 0 Å². The minimum Gasteiger partial charge on any atom is -0.315 e. The molecule has 2 nitrogen and oxygen atoms in total. The highest BCUT2D eigenvalue weighted by Gasteiger charge is 2.20. The van der Waals surface area contributed by atoms with Gasteiger partial charge >= 0.3 is 0 Å². The van der Waals surface area contributed by atoms with Crippen LogP contribution in [0.3, 0.4) is 0 Å². The second-order valence-corrected chi connectivity index (χ2v) is 5.44. The SMILES string of the molecule is CC(=O)CCNCC(C)(C)c1cccs1. The van der Waals surface area contributed by atoms with Gasteiger partial charge in [0.1, 0.15) is 5.78 Å². The molecule has 3 heteroatoms. The number of hydrogen-bond acceptors (Lipinski definition) is 3. The third-order valence-electron chi connectivity index (χ3n) is 2.41. The summed E-state index contributed by atoms with van der Waals surface area (Å²) in [5.74, 6) is 0.247. The Kier molecular flexibility index (Phi) is 4.48. The van der Waals surface area contributed by atoms with Gasteiger partial charge in [0.05, 0.1) is 0 Å². The van der Waals surface area contributed by atoms with E-state index in [2.05, 4.69) is 36.7 Å². The van der Waals surface area contributed by atoms with Crippen LogP contribution in [0.2, 0.25) is 0 Å². The number of nitrogens with one attached hydrogen (secondary N) is 1. The zero-order chi connectivity index (χ0) is 11.3. The largest absolute Gasteiger partial charge is 0.315 e. The molecule has 0 saturated heterocycles. The minimum atomic E-state index is 0.158. The summed E-state index contributed by atoms with van der Waals surface area (Å²) in [6, 6.07) is 4.24. The van der Waals surface area contributed by atoms with Gasteiger partial charge in [-0.25, -0.2) is 0 Å². The Hall–Kier alpha value is -0.670. The van der Waals surface area contributed by atoms with Crippen LogP contribution in [0.5, 0.6) is 0 Å². The van der Waals surface area contributed by atoms with Crippen LogP contribution in [-0.4, -0.2) is 18.9 Å². The van der Waals surface area contributed by atoms with Crippen molar-refractivity contribution >= 4 is 17.1 Å². The molecule has 15 heavy (non-hydrogen) atoms. The first-order chi connectivity index (χ1) is 7.02. The molecule has 1 aromatic rings. The molecule has 84 valence electrons. The maximum absolute atomic E-state index is 10.8. The van der Waals surface area contributed by atoms with Crippen LogP contribution in [-0.2, 0) is 10.2 Å². The highest BCUT2D eigenvalue weighted by molar-refractivity contribution is 7.10. The first kappa shape index (κ1) is 12.4. The van der Waals surface area contributed by atoms with E-state index in [-0.39, 0.29) is 11.2 Å². The third kappa shape index (κ3) is 4.14. The summed E-state index contributed by atoms with van der Waals surface area (Å²) >= 11 is 1.79. The quantitative estimate of drug-likeness (QED) is 0.754. The molecule has 0 aliphatic heterocycles. The van der Waals surface area contributed by atoms with E-state index < -0.39 is 0 Å². The highest BCUT2D eigenvalue weighted by Crippen LogP contribution is 2.26. The molecule has 0 saturated carbocycles. The van der Waals surface area contributed by atoms with Gasteiger partial charge < -0.3 is 5.32 Å². The minimum absolute atomic E-state index is 0.158. The molecule has 1 rings (SSSR count). The number of Topliss-reactive ketones (excluding diaryl/α,β-unsaturated/α-hetero) is 1. The van der Waals surface area contributed by atoms with Crippen LogP contribution in [0.15, 0.2) is 17.5 Å². The summed E-state index contributed by atoms with van der Waals surface area (Å²) in [6.45, 7) is 7.77. The van der Waals surface area contributed by atoms with Crippen molar-refractivity contribution in [1.29, 1.82) is 0 Å². The molecule has 0 unspecified atom stereocenters. The lowest BCUT2D eigenvalue weighted by atomic mass is 9.91. The number of rotatable bonds is 6. The van der Waals surface area contributed by atoms with Crippen molar-refractivity contribution in [2.24, 2.45) is 0 Å². The van der Waals surface area contributed by atoms with Crippen molar-refractivity contribution in [2.75, 3.05) is 13.1 Å². The molecule has 0 fully saturated rings. The van der Waals surface area contributed by atoms with Gasteiger partial charge in [-0.15, -0.1) is 11.3 Å². The van der Waals surface area contributed by atoms with Crippen LogP contribution in [0.4, 0.5) is 0 Å². The zero-order valence-electron chi connectivity index (χ0n) is 9.67. The topological polar surface area (TPSA) is 29.1 Å². The zero-order valence-corrected chi connectivity index (χ0v) is 10.5. The monoisotopic (exact) mass is 225 g/mol. The van der Waals surface area contributed by atoms with Gasteiger partial charge in [0.2, 0.25) is 0 Å². The Labute approximate surface area is 95.7 Å². The standard InChI is InChI=1S/C12H19NOS/c1-10(14)6-7-13-9-12(2,3)11-5-4-8-15-11/h4-5,8,13H,6-7,9H2,1-3H3. The Bertz CT molecular complexity index is 303. The van der Waals surface area contributed by atoms with E-state index in [0.29, 0.717) is 6.42 Å². The van der Waals surface area contributed by atoms with E-state index >= 15 is 0 Å². The molecule has 0 amide bonds. The number of carbonyl (C=O) groups excluding carboxylic acids is 1. The Morgan fingerprint density at radius 3 is 2.80 bits per heavy atom. The van der Waals surface area contributed by atoms with Crippen LogP contribution in [0.1, 0.15) is 32.1 Å². The predicted molar refractivity (Wildman–Crippen MR) is 65.5 cm³/mol. The van der Waals surface area contributed by atoms with Gasteiger partial charge in [0.25, 0.3) is 0 Å². The number of ketones is 1. The average Bonchev–Trinajstić information content (AvgIpc) is 2.65. The van der Waals surface area contributed by atoms with E-state index in [0.717, 1.165) is 13.1 Å². The van der Waals surface area contributed by atoms with Crippen LogP contribution in [0, 0.1) is 0 Å². The molecule has 1 heterocycles. The van der Waals surface area contributed by atoms with Crippen LogP contribution in [0.25, 0.3) is 0 Å². The normalized spacial score (nSPS) is 11.7. The van der Waals surface area contributed by atoms with E-state index in [1.807, 2.05) is 0 Å². The van der Waals surface area contributed by atoms with Gasteiger partial charge in [0, 0.05) is 29.8 Å². The van der Waals surface area contributed by atoms with E-state index in [1.165, 1.54) is 4.88 Å². The lowest BCUT2D eigenvalue weighted by Gasteiger charge is -2.23. The molecule has 0 bridgehead atoms. The number of thiophene rings is 1.